The van der Waals surface area contributed by atoms with Crippen LogP contribution in [0.5, 0.6) is 5.75 Å². The Morgan fingerprint density at radius 2 is 1.11 bits per heavy atom. The van der Waals surface area contributed by atoms with Crippen molar-refractivity contribution >= 4 is 24.8 Å². The van der Waals surface area contributed by atoms with Gasteiger partial charge in [0, 0.05) is 0 Å². The molecule has 0 fully saturated rings. The van der Waals surface area contributed by atoms with Gasteiger partial charge in [0.15, 0.2) is 0 Å². The number of benzene rings is 1. The predicted molar refractivity (Wildman–Crippen MR) is 138 cm³/mol. The summed E-state index contributed by atoms with van der Waals surface area (Å²) in [6.07, 6.45) is 2.32. The molecule has 0 spiro atoms. The van der Waals surface area contributed by atoms with E-state index in [2.05, 4.69) is 109 Å². The van der Waals surface area contributed by atoms with Crippen molar-refractivity contribution in [3.63, 3.8) is 0 Å². The summed E-state index contributed by atoms with van der Waals surface area (Å²) in [6.45, 7) is 30.0. The van der Waals surface area contributed by atoms with Gasteiger partial charge in [0.2, 0.25) is 8.32 Å². The first-order valence-electron chi connectivity index (χ1n) is 11.1. The van der Waals surface area contributed by atoms with Gasteiger partial charge in [-0.1, -0.05) is 85.2 Å². The molecule has 1 aromatic carbocycles. The lowest BCUT2D eigenvalue weighted by Crippen LogP contribution is -2.55. The molecule has 164 valence electrons. The molecule has 0 saturated heterocycles. The molecule has 1 aromatic rings. The van der Waals surface area contributed by atoms with Crippen LogP contribution in [0, 0.1) is 0 Å². The van der Waals surface area contributed by atoms with Gasteiger partial charge in [0.25, 0.3) is 0 Å². The van der Waals surface area contributed by atoms with E-state index in [1.54, 1.807) is 0 Å². The summed E-state index contributed by atoms with van der Waals surface area (Å²) in [6, 6.07) is 6.69. The minimum Gasteiger partial charge on any atom is -0.544 e. The largest absolute Gasteiger partial charge is 0.544 e. The fraction of sp³-hybridized carbons (Fsp3) is 0.739. The molecule has 2 nitrogen and oxygen atoms in total. The predicted octanol–water partition coefficient (Wildman–Crippen LogP) is 8.17. The zero-order valence-corrected chi connectivity index (χ0v) is 24.2. The summed E-state index contributed by atoms with van der Waals surface area (Å²) in [5, 5.41) is 0. The zero-order chi connectivity index (χ0) is 22.3. The third kappa shape index (κ3) is 11.6. The van der Waals surface area contributed by atoms with Gasteiger partial charge >= 0.3 is 0 Å². The number of hydrogen-bond donors (Lipinski definition) is 1. The van der Waals surface area contributed by atoms with Gasteiger partial charge < -0.3 is 9.07 Å². The summed E-state index contributed by atoms with van der Waals surface area (Å²) in [5.41, 5.74) is 2.78. The van der Waals surface area contributed by atoms with Crippen molar-refractivity contribution < 1.29 is 4.43 Å². The summed E-state index contributed by atoms with van der Waals surface area (Å²) >= 11 is 0. The van der Waals surface area contributed by atoms with E-state index in [1.807, 2.05) is 0 Å². The topological polar surface area (TPSA) is 21.3 Å². The van der Waals surface area contributed by atoms with E-state index in [4.69, 9.17) is 4.43 Å². The normalized spacial score (nSPS) is 14.8. The van der Waals surface area contributed by atoms with E-state index >= 15 is 0 Å². The van der Waals surface area contributed by atoms with Crippen molar-refractivity contribution in [1.29, 1.82) is 0 Å². The van der Waals surface area contributed by atoms with Crippen LogP contribution in [-0.2, 0) is 0 Å². The molecular formula is C23H49NOSi3. The fourth-order valence-corrected chi connectivity index (χ4v) is 13.2. The standard InChI is InChI=1S/C17H30OSi.C6H19NSi2/c1-8-13(3)15-11-10-12-16(14(4)9-2)17(15)18-19(5,6)7;1-8(2,3)7-9(4,5)6/h10-14H,8-9H2,1-7H3;7H,1-6H3. The van der Waals surface area contributed by atoms with Crippen LogP contribution >= 0.6 is 0 Å². The molecule has 1 N–H and O–H groups in total. The van der Waals surface area contributed by atoms with Crippen LogP contribution in [0.25, 0.3) is 0 Å². The Bertz CT molecular complexity index is 543. The SMILES string of the molecule is CCC(C)c1cccc(C(C)CC)c1O[Si](C)(C)C.C[Si](C)(C)N[Si](C)(C)C. The highest BCUT2D eigenvalue weighted by molar-refractivity contribution is 6.90. The molecule has 0 saturated carbocycles. The molecule has 0 bridgehead atoms. The van der Waals surface area contributed by atoms with Gasteiger partial charge in [-0.3, -0.25) is 0 Å². The average molecular weight is 440 g/mol. The van der Waals surface area contributed by atoms with Crippen LogP contribution in [0.15, 0.2) is 18.2 Å². The Kier molecular flexibility index (Phi) is 11.0. The summed E-state index contributed by atoms with van der Waals surface area (Å²) < 4.78 is 10.2. The lowest BCUT2D eigenvalue weighted by atomic mass is 9.90. The lowest BCUT2D eigenvalue weighted by molar-refractivity contribution is 0.521. The van der Waals surface area contributed by atoms with E-state index in [0.29, 0.717) is 11.8 Å². The minimum absolute atomic E-state index is 0.565. The fourth-order valence-electron chi connectivity index (χ4n) is 3.34. The Hall–Kier alpha value is -0.369. The van der Waals surface area contributed by atoms with E-state index in [9.17, 15) is 0 Å². The maximum absolute atomic E-state index is 6.45. The highest BCUT2D eigenvalue weighted by atomic mass is 28.4. The molecule has 5 heteroatoms. The van der Waals surface area contributed by atoms with Crippen LogP contribution in [-0.4, -0.2) is 24.8 Å². The molecule has 0 radical (unpaired) electrons. The quantitative estimate of drug-likeness (QED) is 0.412. The number of hydrogen-bond acceptors (Lipinski definition) is 2. The molecule has 2 atom stereocenters. The number of nitrogens with one attached hydrogen (secondary N) is 1. The van der Waals surface area contributed by atoms with Gasteiger partial charge in [0.05, 0.1) is 0 Å². The Morgan fingerprint density at radius 3 is 1.32 bits per heavy atom. The first kappa shape index (κ1) is 27.6. The third-order valence-corrected chi connectivity index (χ3v) is 11.3. The zero-order valence-electron chi connectivity index (χ0n) is 21.2. The van der Waals surface area contributed by atoms with Crippen molar-refractivity contribution in [1.82, 2.24) is 4.65 Å². The van der Waals surface area contributed by atoms with Crippen LogP contribution in [0.2, 0.25) is 58.9 Å². The molecular weight excluding hydrogens is 391 g/mol. The van der Waals surface area contributed by atoms with Crippen molar-refractivity contribution in [3.8, 4) is 5.75 Å². The second kappa shape index (κ2) is 11.1. The summed E-state index contributed by atoms with van der Waals surface area (Å²) in [7, 11) is -3.54. The van der Waals surface area contributed by atoms with E-state index in [-0.39, 0.29) is 0 Å². The van der Waals surface area contributed by atoms with E-state index in [0.717, 1.165) is 12.8 Å². The Labute approximate surface area is 180 Å². The van der Waals surface area contributed by atoms with Crippen molar-refractivity contribution in [2.45, 2.75) is 111 Å². The van der Waals surface area contributed by atoms with E-state index in [1.165, 1.54) is 16.9 Å². The Balaban J connectivity index is 0.000000684. The highest BCUT2D eigenvalue weighted by Crippen LogP contribution is 2.38. The van der Waals surface area contributed by atoms with Crippen LogP contribution < -0.4 is 9.07 Å². The second-order valence-electron chi connectivity index (χ2n) is 11.2. The van der Waals surface area contributed by atoms with Gasteiger partial charge in [-0.05, 0) is 55.4 Å². The third-order valence-electron chi connectivity index (χ3n) is 4.52. The summed E-state index contributed by atoms with van der Waals surface area (Å²) in [5.74, 6) is 2.32. The first-order valence-corrected chi connectivity index (χ1v) is 21.5. The maximum Gasteiger partial charge on any atom is 0.242 e. The number of rotatable bonds is 8. The number of para-hydroxylation sites is 1. The molecule has 0 aliphatic rings. The first-order chi connectivity index (χ1) is 12.5. The van der Waals surface area contributed by atoms with Crippen LogP contribution in [0.4, 0.5) is 0 Å². The molecule has 0 amide bonds. The van der Waals surface area contributed by atoms with Gasteiger partial charge in [-0.15, -0.1) is 0 Å². The maximum atomic E-state index is 6.45. The van der Waals surface area contributed by atoms with E-state index < -0.39 is 24.8 Å². The molecule has 28 heavy (non-hydrogen) atoms. The second-order valence-corrected chi connectivity index (χ2v) is 25.7. The molecule has 0 aliphatic heterocycles. The van der Waals surface area contributed by atoms with Gasteiger partial charge in [0.1, 0.15) is 22.2 Å². The molecule has 0 aromatic heterocycles. The Morgan fingerprint density at radius 1 is 0.750 bits per heavy atom. The molecule has 0 aliphatic carbocycles. The van der Waals surface area contributed by atoms with Crippen molar-refractivity contribution in [3.05, 3.63) is 29.3 Å². The molecule has 1 rings (SSSR count). The summed E-state index contributed by atoms with van der Waals surface area (Å²) in [4.78, 5) is 0. The van der Waals surface area contributed by atoms with Gasteiger partial charge in [-0.25, -0.2) is 0 Å². The highest BCUT2D eigenvalue weighted by Gasteiger charge is 2.24. The lowest BCUT2D eigenvalue weighted by Gasteiger charge is -2.28. The minimum atomic E-state index is -1.58. The average Bonchev–Trinajstić information content (AvgIpc) is 2.49. The van der Waals surface area contributed by atoms with Crippen molar-refractivity contribution in [2.75, 3.05) is 0 Å². The van der Waals surface area contributed by atoms with Crippen LogP contribution in [0.1, 0.15) is 63.5 Å². The molecule has 0 heterocycles. The van der Waals surface area contributed by atoms with Crippen LogP contribution in [0.3, 0.4) is 0 Å². The monoisotopic (exact) mass is 439 g/mol. The van der Waals surface area contributed by atoms with Crippen molar-refractivity contribution in [2.24, 2.45) is 0 Å². The smallest absolute Gasteiger partial charge is 0.242 e. The van der Waals surface area contributed by atoms with Gasteiger partial charge in [-0.2, -0.15) is 0 Å². The molecule has 2 unspecified atom stereocenters.